The Kier molecular flexibility index (Phi) is 5.65. The number of likely N-dealkylation sites (tertiary alicyclic amines) is 1. The molecule has 1 saturated heterocycles. The normalized spacial score (nSPS) is 30.5. The van der Waals surface area contributed by atoms with Crippen LogP contribution in [0.25, 0.3) is 0 Å². The minimum absolute atomic E-state index is 0.00426. The van der Waals surface area contributed by atoms with Crippen LogP contribution < -0.4 is 5.32 Å². The summed E-state index contributed by atoms with van der Waals surface area (Å²) < 4.78 is 10.4. The zero-order valence-corrected chi connectivity index (χ0v) is 15.8. The number of nitrogens with zero attached hydrogens (tertiary/aromatic N) is 1. The van der Waals surface area contributed by atoms with Crippen molar-refractivity contribution in [2.75, 3.05) is 13.2 Å². The summed E-state index contributed by atoms with van der Waals surface area (Å²) in [6.07, 6.45) is 0.597. The lowest BCUT2D eigenvalue weighted by molar-refractivity contribution is -0.149. The number of hydrogen-bond acceptors (Lipinski definition) is 6. The number of aliphatic hydroxyl groups excluding tert-OH is 1. The zero-order valence-electron chi connectivity index (χ0n) is 15.8. The molecular weight excluding hydrogens is 340 g/mol. The van der Waals surface area contributed by atoms with Crippen LogP contribution in [-0.2, 0) is 19.1 Å². The van der Waals surface area contributed by atoms with Gasteiger partial charge in [0.25, 0.3) is 0 Å². The Morgan fingerprint density at radius 1 is 1.38 bits per heavy atom. The molecule has 0 aromatic rings. The van der Waals surface area contributed by atoms with Gasteiger partial charge >= 0.3 is 12.1 Å². The predicted molar refractivity (Wildman–Crippen MR) is 93.2 cm³/mol. The molecule has 2 fully saturated rings. The van der Waals surface area contributed by atoms with Crippen molar-refractivity contribution in [3.8, 4) is 0 Å². The highest BCUT2D eigenvalue weighted by molar-refractivity contribution is 5.95. The topological polar surface area (TPSA) is 105 Å². The van der Waals surface area contributed by atoms with Crippen LogP contribution in [-0.4, -0.2) is 64.4 Å². The minimum Gasteiger partial charge on any atom is -0.464 e. The van der Waals surface area contributed by atoms with Gasteiger partial charge in [-0.25, -0.2) is 9.59 Å². The lowest BCUT2D eigenvalue weighted by Crippen LogP contribution is -2.53. The Balaban J connectivity index is 2.12. The second-order valence-corrected chi connectivity index (χ2v) is 7.77. The van der Waals surface area contributed by atoms with E-state index in [1.54, 1.807) is 33.8 Å². The molecule has 0 aromatic carbocycles. The van der Waals surface area contributed by atoms with Gasteiger partial charge in [0.05, 0.1) is 19.3 Å². The van der Waals surface area contributed by atoms with Gasteiger partial charge in [0.15, 0.2) is 0 Å². The first-order chi connectivity index (χ1) is 12.0. The van der Waals surface area contributed by atoms with Crippen molar-refractivity contribution in [2.45, 2.75) is 63.8 Å². The number of carbonyl (C=O) groups excluding carboxylic acids is 3. The maximum absolute atomic E-state index is 12.8. The third kappa shape index (κ3) is 4.17. The maximum atomic E-state index is 12.8. The van der Waals surface area contributed by atoms with Gasteiger partial charge in [0.2, 0.25) is 5.91 Å². The number of rotatable bonds is 5. The Morgan fingerprint density at radius 2 is 2.04 bits per heavy atom. The summed E-state index contributed by atoms with van der Waals surface area (Å²) in [4.78, 5) is 38.6. The molecule has 0 radical (unpaired) electrons. The maximum Gasteiger partial charge on any atom is 0.411 e. The molecular formula is C18H28N2O6. The molecule has 0 spiro atoms. The fourth-order valence-corrected chi connectivity index (χ4v) is 3.15. The molecule has 1 heterocycles. The second kappa shape index (κ2) is 7.26. The second-order valence-electron chi connectivity index (χ2n) is 7.77. The molecule has 26 heavy (non-hydrogen) atoms. The summed E-state index contributed by atoms with van der Waals surface area (Å²) in [6.45, 7) is 10.7. The number of esters is 1. The van der Waals surface area contributed by atoms with Crippen molar-refractivity contribution in [3.05, 3.63) is 12.7 Å². The van der Waals surface area contributed by atoms with Gasteiger partial charge in [0, 0.05) is 12.3 Å². The van der Waals surface area contributed by atoms with Crippen molar-refractivity contribution < 1.29 is 29.0 Å². The molecule has 1 aliphatic carbocycles. The number of amides is 2. The number of ether oxygens (including phenoxy) is 2. The Labute approximate surface area is 153 Å². The van der Waals surface area contributed by atoms with Crippen LogP contribution in [0.1, 0.15) is 40.5 Å². The number of aliphatic hydroxyl groups is 1. The van der Waals surface area contributed by atoms with Crippen LogP contribution in [0.5, 0.6) is 0 Å². The predicted octanol–water partition coefficient (Wildman–Crippen LogP) is 0.981. The van der Waals surface area contributed by atoms with Crippen LogP contribution in [0, 0.1) is 5.92 Å². The first-order valence-corrected chi connectivity index (χ1v) is 8.83. The van der Waals surface area contributed by atoms with Gasteiger partial charge in [-0.05, 0) is 34.1 Å². The molecule has 2 N–H and O–H groups in total. The zero-order chi connectivity index (χ0) is 19.7. The smallest absolute Gasteiger partial charge is 0.411 e. The minimum atomic E-state index is -1.14. The molecule has 146 valence electrons. The van der Waals surface area contributed by atoms with E-state index in [-0.39, 0.29) is 25.5 Å². The molecule has 0 bridgehead atoms. The van der Waals surface area contributed by atoms with Gasteiger partial charge in [-0.15, -0.1) is 6.58 Å². The Hall–Kier alpha value is -2.09. The van der Waals surface area contributed by atoms with Gasteiger partial charge in [-0.2, -0.15) is 0 Å². The van der Waals surface area contributed by atoms with Gasteiger partial charge in [0.1, 0.15) is 17.2 Å². The van der Waals surface area contributed by atoms with E-state index in [4.69, 9.17) is 9.47 Å². The van der Waals surface area contributed by atoms with E-state index in [0.29, 0.717) is 6.42 Å². The summed E-state index contributed by atoms with van der Waals surface area (Å²) >= 11 is 0. The van der Waals surface area contributed by atoms with E-state index in [2.05, 4.69) is 11.9 Å². The van der Waals surface area contributed by atoms with Crippen LogP contribution in [0.3, 0.4) is 0 Å². The lowest BCUT2D eigenvalue weighted by Gasteiger charge is -2.29. The first kappa shape index (κ1) is 20.2. The highest BCUT2D eigenvalue weighted by Crippen LogP contribution is 2.45. The van der Waals surface area contributed by atoms with Crippen molar-refractivity contribution in [1.82, 2.24) is 10.2 Å². The van der Waals surface area contributed by atoms with E-state index in [0.717, 1.165) is 0 Å². The molecule has 8 nitrogen and oxygen atoms in total. The molecule has 2 amide bonds. The number of nitrogens with one attached hydrogen (secondary N) is 1. The molecule has 4 atom stereocenters. The number of β-amino-alcohol motifs (C(OH)–C–C–N with tert-alkyl or cyclic N) is 1. The molecule has 2 unspecified atom stereocenters. The summed E-state index contributed by atoms with van der Waals surface area (Å²) in [7, 11) is 0. The molecule has 8 heteroatoms. The quantitative estimate of drug-likeness (QED) is 0.554. The standard InChI is InChI=1S/C18H28N2O6/c1-6-11-9-18(11,15(23)25-7-2)19-14(22)13-8-12(21)10-20(13)16(24)26-17(3,4)5/h6,11-13,21H,1,7-10H2,2-5H3,(H,19,22)/t11?,12-,13+,18?/m1/s1. The highest BCUT2D eigenvalue weighted by atomic mass is 16.6. The van der Waals surface area contributed by atoms with E-state index in [1.807, 2.05) is 0 Å². The van der Waals surface area contributed by atoms with Crippen LogP contribution in [0.2, 0.25) is 0 Å². The summed E-state index contributed by atoms with van der Waals surface area (Å²) in [5, 5.41) is 12.7. The molecule has 2 aliphatic rings. The summed E-state index contributed by atoms with van der Waals surface area (Å²) in [5.74, 6) is -1.24. The Bertz CT molecular complexity index is 599. The van der Waals surface area contributed by atoms with Gasteiger partial charge in [-0.3, -0.25) is 9.69 Å². The fourth-order valence-electron chi connectivity index (χ4n) is 3.15. The Morgan fingerprint density at radius 3 is 2.54 bits per heavy atom. The molecule has 0 aromatic heterocycles. The third-order valence-electron chi connectivity index (χ3n) is 4.49. The van der Waals surface area contributed by atoms with Crippen LogP contribution in [0.4, 0.5) is 4.79 Å². The highest BCUT2D eigenvalue weighted by Gasteiger charge is 2.62. The molecule has 1 aliphatic heterocycles. The van der Waals surface area contributed by atoms with Crippen molar-refractivity contribution in [2.24, 2.45) is 5.92 Å². The van der Waals surface area contributed by atoms with Crippen LogP contribution in [0.15, 0.2) is 12.7 Å². The largest absolute Gasteiger partial charge is 0.464 e. The number of hydrogen-bond donors (Lipinski definition) is 2. The van der Waals surface area contributed by atoms with Crippen molar-refractivity contribution in [1.29, 1.82) is 0 Å². The van der Waals surface area contributed by atoms with Crippen LogP contribution >= 0.6 is 0 Å². The molecule has 1 saturated carbocycles. The third-order valence-corrected chi connectivity index (χ3v) is 4.49. The SMILES string of the molecule is C=CC1CC1(NC(=O)[C@@H]1C[C@@H](O)CN1C(=O)OC(C)(C)C)C(=O)OCC. The lowest BCUT2D eigenvalue weighted by atomic mass is 10.1. The monoisotopic (exact) mass is 368 g/mol. The van der Waals surface area contributed by atoms with Crippen molar-refractivity contribution in [3.63, 3.8) is 0 Å². The van der Waals surface area contributed by atoms with E-state index >= 15 is 0 Å². The first-order valence-electron chi connectivity index (χ1n) is 8.83. The van der Waals surface area contributed by atoms with E-state index in [9.17, 15) is 19.5 Å². The van der Waals surface area contributed by atoms with Gasteiger partial charge < -0.3 is 19.9 Å². The van der Waals surface area contributed by atoms with E-state index in [1.165, 1.54) is 4.90 Å². The average Bonchev–Trinajstić information content (AvgIpc) is 3.09. The summed E-state index contributed by atoms with van der Waals surface area (Å²) in [6, 6.07) is -0.905. The number of carbonyl (C=O) groups is 3. The van der Waals surface area contributed by atoms with Crippen molar-refractivity contribution >= 4 is 18.0 Å². The van der Waals surface area contributed by atoms with Gasteiger partial charge in [-0.1, -0.05) is 6.08 Å². The molecule has 2 rings (SSSR count). The average molecular weight is 368 g/mol. The summed E-state index contributed by atoms with van der Waals surface area (Å²) in [5.41, 5.74) is -1.86. The fraction of sp³-hybridized carbons (Fsp3) is 0.722. The van der Waals surface area contributed by atoms with E-state index < -0.39 is 41.3 Å².